The number of benzene rings is 2. The van der Waals surface area contributed by atoms with Gasteiger partial charge in [0.05, 0.1) is 13.2 Å². The van der Waals surface area contributed by atoms with Crippen LogP contribution in [0.1, 0.15) is 24.2 Å². The monoisotopic (exact) mass is 303 g/mol. The van der Waals surface area contributed by atoms with Gasteiger partial charge in [0.1, 0.15) is 5.82 Å². The van der Waals surface area contributed by atoms with Crippen molar-refractivity contribution in [2.45, 2.75) is 13.8 Å². The van der Waals surface area contributed by atoms with E-state index in [1.54, 1.807) is 18.2 Å². The van der Waals surface area contributed by atoms with Crippen molar-refractivity contribution >= 4 is 11.6 Å². The molecular formula is C17H18FNO3. The topological polar surface area (TPSA) is 47.6 Å². The van der Waals surface area contributed by atoms with Crippen molar-refractivity contribution in [2.75, 3.05) is 18.5 Å². The van der Waals surface area contributed by atoms with E-state index in [9.17, 15) is 9.18 Å². The van der Waals surface area contributed by atoms with E-state index in [1.807, 2.05) is 13.8 Å². The molecule has 5 heteroatoms. The zero-order chi connectivity index (χ0) is 15.9. The summed E-state index contributed by atoms with van der Waals surface area (Å²) in [7, 11) is 0. The van der Waals surface area contributed by atoms with E-state index in [0.29, 0.717) is 36.0 Å². The SMILES string of the molecule is CCOc1ccc(NC(=O)c2ccc(F)cc2)cc1OCC. The van der Waals surface area contributed by atoms with Gasteiger partial charge in [0, 0.05) is 17.3 Å². The van der Waals surface area contributed by atoms with Gasteiger partial charge < -0.3 is 14.8 Å². The van der Waals surface area contributed by atoms with Crippen LogP contribution in [-0.2, 0) is 0 Å². The third-order valence-electron chi connectivity index (χ3n) is 2.91. The maximum absolute atomic E-state index is 12.9. The molecule has 1 amide bonds. The van der Waals surface area contributed by atoms with Gasteiger partial charge in [0.25, 0.3) is 5.91 Å². The van der Waals surface area contributed by atoms with Gasteiger partial charge in [0.2, 0.25) is 0 Å². The van der Waals surface area contributed by atoms with Gasteiger partial charge in [-0.3, -0.25) is 4.79 Å². The highest BCUT2D eigenvalue weighted by molar-refractivity contribution is 6.04. The number of halogens is 1. The lowest BCUT2D eigenvalue weighted by Crippen LogP contribution is -2.12. The number of hydrogen-bond donors (Lipinski definition) is 1. The molecular weight excluding hydrogens is 285 g/mol. The number of carbonyl (C=O) groups is 1. The maximum Gasteiger partial charge on any atom is 0.255 e. The Labute approximate surface area is 128 Å². The zero-order valence-corrected chi connectivity index (χ0v) is 12.6. The van der Waals surface area contributed by atoms with E-state index in [2.05, 4.69) is 5.32 Å². The minimum Gasteiger partial charge on any atom is -0.490 e. The molecule has 0 aliphatic heterocycles. The minimum atomic E-state index is -0.378. The molecule has 0 saturated carbocycles. The standard InChI is InChI=1S/C17H18FNO3/c1-3-21-15-10-9-14(11-16(15)22-4-2)19-17(20)12-5-7-13(18)8-6-12/h5-11H,3-4H2,1-2H3,(H,19,20). The highest BCUT2D eigenvalue weighted by atomic mass is 19.1. The maximum atomic E-state index is 12.9. The molecule has 0 aromatic heterocycles. The van der Waals surface area contributed by atoms with E-state index < -0.39 is 0 Å². The predicted octanol–water partition coefficient (Wildman–Crippen LogP) is 3.88. The number of nitrogens with one attached hydrogen (secondary N) is 1. The van der Waals surface area contributed by atoms with Crippen LogP contribution in [0.3, 0.4) is 0 Å². The highest BCUT2D eigenvalue weighted by Gasteiger charge is 2.10. The van der Waals surface area contributed by atoms with E-state index in [1.165, 1.54) is 24.3 Å². The van der Waals surface area contributed by atoms with Crippen molar-refractivity contribution in [3.8, 4) is 11.5 Å². The normalized spacial score (nSPS) is 10.1. The van der Waals surface area contributed by atoms with Crippen LogP contribution in [-0.4, -0.2) is 19.1 Å². The van der Waals surface area contributed by atoms with Crippen molar-refractivity contribution in [3.63, 3.8) is 0 Å². The minimum absolute atomic E-state index is 0.313. The Morgan fingerprint density at radius 1 is 1.00 bits per heavy atom. The highest BCUT2D eigenvalue weighted by Crippen LogP contribution is 2.30. The van der Waals surface area contributed by atoms with Gasteiger partial charge in [-0.15, -0.1) is 0 Å². The molecule has 0 spiro atoms. The summed E-state index contributed by atoms with van der Waals surface area (Å²) >= 11 is 0. The molecule has 22 heavy (non-hydrogen) atoms. The first-order valence-corrected chi connectivity index (χ1v) is 7.10. The molecule has 2 aromatic rings. The van der Waals surface area contributed by atoms with Crippen molar-refractivity contribution in [1.82, 2.24) is 0 Å². The fourth-order valence-electron chi connectivity index (χ4n) is 1.93. The lowest BCUT2D eigenvalue weighted by atomic mass is 10.2. The predicted molar refractivity (Wildman–Crippen MR) is 83.1 cm³/mol. The summed E-state index contributed by atoms with van der Waals surface area (Å²) in [5, 5.41) is 2.75. The van der Waals surface area contributed by atoms with Crippen LogP contribution >= 0.6 is 0 Å². The largest absolute Gasteiger partial charge is 0.490 e. The quantitative estimate of drug-likeness (QED) is 0.881. The summed E-state index contributed by atoms with van der Waals surface area (Å²) in [4.78, 5) is 12.1. The molecule has 0 fully saturated rings. The molecule has 0 heterocycles. The van der Waals surface area contributed by atoms with Crippen molar-refractivity contribution in [2.24, 2.45) is 0 Å². The third-order valence-corrected chi connectivity index (χ3v) is 2.91. The Hall–Kier alpha value is -2.56. The Morgan fingerprint density at radius 3 is 2.27 bits per heavy atom. The smallest absolute Gasteiger partial charge is 0.255 e. The second-order valence-electron chi connectivity index (χ2n) is 4.49. The lowest BCUT2D eigenvalue weighted by Gasteiger charge is -2.13. The van der Waals surface area contributed by atoms with Gasteiger partial charge in [-0.1, -0.05) is 0 Å². The van der Waals surface area contributed by atoms with Gasteiger partial charge in [-0.2, -0.15) is 0 Å². The summed E-state index contributed by atoms with van der Waals surface area (Å²) in [6, 6.07) is 10.5. The second-order valence-corrected chi connectivity index (χ2v) is 4.49. The van der Waals surface area contributed by atoms with E-state index in [0.717, 1.165) is 0 Å². The summed E-state index contributed by atoms with van der Waals surface area (Å²) in [6.07, 6.45) is 0. The van der Waals surface area contributed by atoms with Crippen LogP contribution in [0.25, 0.3) is 0 Å². The first-order valence-electron chi connectivity index (χ1n) is 7.10. The second kappa shape index (κ2) is 7.45. The average Bonchev–Trinajstić information content (AvgIpc) is 2.51. The van der Waals surface area contributed by atoms with Crippen LogP contribution in [0.5, 0.6) is 11.5 Å². The van der Waals surface area contributed by atoms with Crippen molar-refractivity contribution in [1.29, 1.82) is 0 Å². The van der Waals surface area contributed by atoms with Gasteiger partial charge in [-0.05, 0) is 50.2 Å². The van der Waals surface area contributed by atoms with Crippen LogP contribution in [0, 0.1) is 5.82 Å². The summed E-state index contributed by atoms with van der Waals surface area (Å²) < 4.78 is 23.8. The molecule has 0 unspecified atom stereocenters. The molecule has 0 saturated heterocycles. The Bertz CT molecular complexity index is 641. The molecule has 0 atom stereocenters. The molecule has 0 aliphatic carbocycles. The summed E-state index contributed by atoms with van der Waals surface area (Å²) in [6.45, 7) is 4.79. The molecule has 116 valence electrons. The Kier molecular flexibility index (Phi) is 5.36. The molecule has 0 bridgehead atoms. The molecule has 2 rings (SSSR count). The first-order chi connectivity index (χ1) is 10.6. The Balaban J connectivity index is 2.16. The van der Waals surface area contributed by atoms with E-state index >= 15 is 0 Å². The first kappa shape index (κ1) is 15.8. The van der Waals surface area contributed by atoms with Crippen LogP contribution in [0.2, 0.25) is 0 Å². The van der Waals surface area contributed by atoms with Crippen LogP contribution in [0.4, 0.5) is 10.1 Å². The number of amides is 1. The van der Waals surface area contributed by atoms with Gasteiger partial charge >= 0.3 is 0 Å². The third kappa shape index (κ3) is 3.97. The fraction of sp³-hybridized carbons (Fsp3) is 0.235. The Morgan fingerprint density at radius 2 is 1.64 bits per heavy atom. The van der Waals surface area contributed by atoms with Crippen LogP contribution < -0.4 is 14.8 Å². The number of hydrogen-bond acceptors (Lipinski definition) is 3. The summed E-state index contributed by atoms with van der Waals surface area (Å²) in [5.41, 5.74) is 0.967. The van der Waals surface area contributed by atoms with E-state index in [4.69, 9.17) is 9.47 Å². The number of rotatable bonds is 6. The molecule has 4 nitrogen and oxygen atoms in total. The van der Waals surface area contributed by atoms with E-state index in [-0.39, 0.29) is 11.7 Å². The van der Waals surface area contributed by atoms with Gasteiger partial charge in [-0.25, -0.2) is 4.39 Å². The molecule has 1 N–H and O–H groups in total. The number of carbonyl (C=O) groups excluding carboxylic acids is 1. The average molecular weight is 303 g/mol. The van der Waals surface area contributed by atoms with Crippen molar-refractivity contribution in [3.05, 3.63) is 53.8 Å². The number of anilines is 1. The fourth-order valence-corrected chi connectivity index (χ4v) is 1.93. The zero-order valence-electron chi connectivity index (χ0n) is 12.6. The van der Waals surface area contributed by atoms with Gasteiger partial charge in [0.15, 0.2) is 11.5 Å². The lowest BCUT2D eigenvalue weighted by molar-refractivity contribution is 0.102. The summed E-state index contributed by atoms with van der Waals surface area (Å²) in [5.74, 6) is 0.508. The number of ether oxygens (including phenoxy) is 2. The van der Waals surface area contributed by atoms with Crippen molar-refractivity contribution < 1.29 is 18.7 Å². The molecule has 2 aromatic carbocycles. The van der Waals surface area contributed by atoms with Crippen LogP contribution in [0.15, 0.2) is 42.5 Å². The molecule has 0 aliphatic rings. The molecule has 0 radical (unpaired) electrons.